The molecular formula is C24H28Cl2N4O. The molecule has 1 fully saturated rings. The van der Waals surface area contributed by atoms with Gasteiger partial charge in [-0.05, 0) is 56.6 Å². The molecule has 2 heterocycles. The fourth-order valence-electron chi connectivity index (χ4n) is 4.63. The Balaban J connectivity index is 1.58. The van der Waals surface area contributed by atoms with Crippen LogP contribution in [0.1, 0.15) is 31.0 Å². The largest absolute Gasteiger partial charge is 0.310 e. The third kappa shape index (κ3) is 4.20. The Labute approximate surface area is 193 Å². The van der Waals surface area contributed by atoms with Crippen molar-refractivity contribution in [3.05, 3.63) is 86.3 Å². The van der Waals surface area contributed by atoms with Gasteiger partial charge in [-0.15, -0.1) is 0 Å². The molecule has 5 nitrogen and oxygen atoms in total. The lowest BCUT2D eigenvalue weighted by Crippen LogP contribution is -2.49. The standard InChI is InChI=1S/C24H28Cl2N4O/c1-3-29-21(22(26)23(31)30(29)20-11-9-19(25)10-12-20)17-28-15-13-24(27-2,14-16-28)18-7-5-4-6-8-18/h4-12,27H,3,13-17H2,1-2H3. The van der Waals surface area contributed by atoms with Crippen molar-refractivity contribution in [3.63, 3.8) is 0 Å². The first kappa shape index (κ1) is 22.2. The van der Waals surface area contributed by atoms with Crippen LogP contribution in [0.25, 0.3) is 5.69 Å². The van der Waals surface area contributed by atoms with Crippen LogP contribution in [0.3, 0.4) is 0 Å². The molecule has 1 aliphatic rings. The van der Waals surface area contributed by atoms with E-state index in [9.17, 15) is 4.79 Å². The molecule has 0 saturated carbocycles. The minimum Gasteiger partial charge on any atom is -0.310 e. The Morgan fingerprint density at radius 2 is 1.65 bits per heavy atom. The zero-order valence-corrected chi connectivity index (χ0v) is 19.5. The van der Waals surface area contributed by atoms with E-state index in [-0.39, 0.29) is 11.1 Å². The predicted octanol–water partition coefficient (Wildman–Crippen LogP) is 4.68. The van der Waals surface area contributed by atoms with Crippen LogP contribution in [0, 0.1) is 0 Å². The van der Waals surface area contributed by atoms with Crippen LogP contribution in [-0.2, 0) is 18.6 Å². The number of nitrogens with zero attached hydrogens (tertiary/aromatic N) is 3. The summed E-state index contributed by atoms with van der Waals surface area (Å²) in [6.07, 6.45) is 2.00. The van der Waals surface area contributed by atoms with Crippen molar-refractivity contribution in [2.24, 2.45) is 0 Å². The van der Waals surface area contributed by atoms with Crippen LogP contribution in [0.4, 0.5) is 0 Å². The molecule has 164 valence electrons. The number of nitrogens with one attached hydrogen (secondary N) is 1. The zero-order chi connectivity index (χ0) is 22.0. The molecule has 1 saturated heterocycles. The van der Waals surface area contributed by atoms with Crippen LogP contribution in [-0.4, -0.2) is 34.4 Å². The Morgan fingerprint density at radius 3 is 2.23 bits per heavy atom. The van der Waals surface area contributed by atoms with E-state index in [0.29, 0.717) is 23.1 Å². The normalized spacial score (nSPS) is 16.5. The molecule has 0 unspecified atom stereocenters. The third-order valence-corrected chi connectivity index (χ3v) is 7.08. The molecule has 0 bridgehead atoms. The highest BCUT2D eigenvalue weighted by atomic mass is 35.5. The highest BCUT2D eigenvalue weighted by Gasteiger charge is 2.35. The first-order chi connectivity index (χ1) is 15.0. The van der Waals surface area contributed by atoms with E-state index in [2.05, 4.69) is 40.5 Å². The Kier molecular flexibility index (Phi) is 6.58. The molecule has 0 amide bonds. The van der Waals surface area contributed by atoms with E-state index in [1.807, 2.05) is 30.8 Å². The lowest BCUT2D eigenvalue weighted by atomic mass is 9.81. The highest BCUT2D eigenvalue weighted by molar-refractivity contribution is 6.31. The van der Waals surface area contributed by atoms with E-state index in [0.717, 1.165) is 37.3 Å². The topological polar surface area (TPSA) is 42.2 Å². The van der Waals surface area contributed by atoms with Crippen molar-refractivity contribution in [1.82, 2.24) is 19.6 Å². The minimum atomic E-state index is -0.188. The lowest BCUT2D eigenvalue weighted by molar-refractivity contribution is 0.131. The van der Waals surface area contributed by atoms with Gasteiger partial charge in [0.25, 0.3) is 5.56 Å². The fourth-order valence-corrected chi connectivity index (χ4v) is 4.99. The maximum absolute atomic E-state index is 13.0. The van der Waals surface area contributed by atoms with Crippen LogP contribution in [0.15, 0.2) is 59.4 Å². The van der Waals surface area contributed by atoms with E-state index in [4.69, 9.17) is 23.2 Å². The van der Waals surface area contributed by atoms with Crippen molar-refractivity contribution >= 4 is 23.2 Å². The number of aromatic nitrogens is 2. The number of hydrogen-bond acceptors (Lipinski definition) is 3. The molecule has 1 aliphatic heterocycles. The molecule has 31 heavy (non-hydrogen) atoms. The first-order valence-corrected chi connectivity index (χ1v) is 11.5. The molecule has 0 aliphatic carbocycles. The number of benzene rings is 2. The maximum atomic E-state index is 13.0. The second kappa shape index (κ2) is 9.21. The van der Waals surface area contributed by atoms with Gasteiger partial charge in [-0.1, -0.05) is 53.5 Å². The summed E-state index contributed by atoms with van der Waals surface area (Å²) in [5.41, 5.74) is 2.75. The average Bonchev–Trinajstić information content (AvgIpc) is 3.05. The quantitative estimate of drug-likeness (QED) is 0.582. The number of piperidine rings is 1. The second-order valence-electron chi connectivity index (χ2n) is 8.04. The number of rotatable bonds is 6. The summed E-state index contributed by atoms with van der Waals surface area (Å²) in [7, 11) is 2.04. The number of halogens is 2. The van der Waals surface area contributed by atoms with E-state index in [1.165, 1.54) is 5.56 Å². The van der Waals surface area contributed by atoms with Gasteiger partial charge >= 0.3 is 0 Å². The van der Waals surface area contributed by atoms with Crippen LogP contribution in [0.5, 0.6) is 0 Å². The molecule has 1 aromatic heterocycles. The predicted molar refractivity (Wildman–Crippen MR) is 127 cm³/mol. The van der Waals surface area contributed by atoms with Crippen LogP contribution < -0.4 is 10.9 Å². The summed E-state index contributed by atoms with van der Waals surface area (Å²) in [5.74, 6) is 0. The summed E-state index contributed by atoms with van der Waals surface area (Å²) in [5, 5.41) is 4.50. The second-order valence-corrected chi connectivity index (χ2v) is 8.86. The zero-order valence-electron chi connectivity index (χ0n) is 17.9. The molecule has 1 N–H and O–H groups in total. The third-order valence-electron chi connectivity index (χ3n) is 6.45. The lowest BCUT2D eigenvalue weighted by Gasteiger charge is -2.42. The fraction of sp³-hybridized carbons (Fsp3) is 0.375. The van der Waals surface area contributed by atoms with Crippen LogP contribution >= 0.6 is 23.2 Å². The Morgan fingerprint density at radius 1 is 1.00 bits per heavy atom. The molecular weight excluding hydrogens is 431 g/mol. The van der Waals surface area contributed by atoms with E-state index in [1.54, 1.807) is 16.8 Å². The van der Waals surface area contributed by atoms with Gasteiger partial charge in [0, 0.05) is 36.7 Å². The molecule has 2 aromatic carbocycles. The monoisotopic (exact) mass is 458 g/mol. The molecule has 0 radical (unpaired) electrons. The highest BCUT2D eigenvalue weighted by Crippen LogP contribution is 2.33. The van der Waals surface area contributed by atoms with Crippen LogP contribution in [0.2, 0.25) is 10.0 Å². The van der Waals surface area contributed by atoms with Gasteiger partial charge in [0.05, 0.1) is 11.4 Å². The SMILES string of the molecule is CCn1c(CN2CCC(NC)(c3ccccc3)CC2)c(Cl)c(=O)n1-c1ccc(Cl)cc1. The number of likely N-dealkylation sites (tertiary alicyclic amines) is 1. The summed E-state index contributed by atoms with van der Waals surface area (Å²) in [6.45, 7) is 5.19. The molecule has 0 atom stereocenters. The van der Waals surface area contributed by atoms with Gasteiger partial charge in [-0.25, -0.2) is 4.68 Å². The summed E-state index contributed by atoms with van der Waals surface area (Å²) < 4.78 is 3.63. The maximum Gasteiger partial charge on any atom is 0.290 e. The van der Waals surface area contributed by atoms with Gasteiger partial charge in [0.1, 0.15) is 5.02 Å². The van der Waals surface area contributed by atoms with E-state index < -0.39 is 0 Å². The molecule has 0 spiro atoms. The minimum absolute atomic E-state index is 0.0127. The summed E-state index contributed by atoms with van der Waals surface area (Å²) in [4.78, 5) is 15.4. The number of hydrogen-bond donors (Lipinski definition) is 1. The Bertz CT molecular complexity index is 1080. The molecule has 3 aromatic rings. The van der Waals surface area contributed by atoms with Gasteiger partial charge < -0.3 is 5.32 Å². The summed E-state index contributed by atoms with van der Waals surface area (Å²) in [6, 6.07) is 17.9. The van der Waals surface area contributed by atoms with Crippen molar-refractivity contribution in [3.8, 4) is 5.69 Å². The molecule has 4 rings (SSSR count). The Hall–Kier alpha value is -2.05. The first-order valence-electron chi connectivity index (χ1n) is 10.7. The summed E-state index contributed by atoms with van der Waals surface area (Å²) >= 11 is 12.6. The van der Waals surface area contributed by atoms with Crippen molar-refractivity contribution < 1.29 is 0 Å². The van der Waals surface area contributed by atoms with Crippen molar-refractivity contribution in [2.75, 3.05) is 20.1 Å². The van der Waals surface area contributed by atoms with Gasteiger partial charge in [0.2, 0.25) is 0 Å². The molecule has 7 heteroatoms. The van der Waals surface area contributed by atoms with Gasteiger partial charge in [0.15, 0.2) is 0 Å². The van der Waals surface area contributed by atoms with E-state index >= 15 is 0 Å². The average molecular weight is 459 g/mol. The van der Waals surface area contributed by atoms with Gasteiger partial charge in [-0.3, -0.25) is 14.4 Å². The smallest absolute Gasteiger partial charge is 0.290 e. The van der Waals surface area contributed by atoms with Gasteiger partial charge in [-0.2, -0.15) is 0 Å². The van der Waals surface area contributed by atoms with Crippen molar-refractivity contribution in [2.45, 2.75) is 38.4 Å². The van der Waals surface area contributed by atoms with Crippen molar-refractivity contribution in [1.29, 1.82) is 0 Å².